The molecular formula is C25H30N4O8S. The molecule has 1 fully saturated rings. The van der Waals surface area contributed by atoms with Crippen molar-refractivity contribution in [2.24, 2.45) is 0 Å². The minimum Gasteiger partial charge on any atom is -0.466 e. The van der Waals surface area contributed by atoms with Crippen molar-refractivity contribution in [1.29, 1.82) is 0 Å². The largest absolute Gasteiger partial charge is 0.466 e. The number of morpholine rings is 1. The lowest BCUT2D eigenvalue weighted by Gasteiger charge is -2.26. The van der Waals surface area contributed by atoms with Crippen LogP contribution in [0.1, 0.15) is 46.7 Å². The van der Waals surface area contributed by atoms with Gasteiger partial charge in [-0.05, 0) is 45.0 Å². The first-order chi connectivity index (χ1) is 18.1. The highest BCUT2D eigenvalue weighted by Crippen LogP contribution is 2.36. The third kappa shape index (κ3) is 5.80. The number of ether oxygens (including phenoxy) is 3. The molecule has 1 aromatic heterocycles. The lowest BCUT2D eigenvalue weighted by molar-refractivity contribution is -0.142. The summed E-state index contributed by atoms with van der Waals surface area (Å²) in [7, 11) is -3.92. The van der Waals surface area contributed by atoms with E-state index in [-0.39, 0.29) is 35.8 Å². The van der Waals surface area contributed by atoms with E-state index in [2.05, 4.69) is 15.1 Å². The number of aromatic amines is 1. The quantitative estimate of drug-likeness (QED) is 0.314. The van der Waals surface area contributed by atoms with Crippen molar-refractivity contribution >= 4 is 45.2 Å². The normalized spacial score (nSPS) is 16.8. The number of rotatable bonds is 9. The summed E-state index contributed by atoms with van der Waals surface area (Å²) in [6.07, 6.45) is 1.31. The lowest BCUT2D eigenvalue weighted by atomic mass is 9.99. The van der Waals surface area contributed by atoms with Gasteiger partial charge >= 0.3 is 11.9 Å². The molecule has 0 saturated carbocycles. The van der Waals surface area contributed by atoms with E-state index in [4.69, 9.17) is 14.2 Å². The van der Waals surface area contributed by atoms with Gasteiger partial charge in [0.2, 0.25) is 0 Å². The van der Waals surface area contributed by atoms with Crippen molar-refractivity contribution in [2.45, 2.75) is 32.1 Å². The fourth-order valence-electron chi connectivity index (χ4n) is 4.30. The summed E-state index contributed by atoms with van der Waals surface area (Å²) in [6, 6.07) is 4.36. The number of esters is 2. The van der Waals surface area contributed by atoms with E-state index in [1.54, 1.807) is 25.8 Å². The van der Waals surface area contributed by atoms with E-state index in [1.165, 1.54) is 24.3 Å². The molecule has 0 spiro atoms. The third-order valence-corrected chi connectivity index (χ3v) is 7.46. The van der Waals surface area contributed by atoms with Gasteiger partial charge in [0.1, 0.15) is 5.69 Å². The van der Waals surface area contributed by atoms with E-state index in [1.807, 2.05) is 0 Å². The van der Waals surface area contributed by atoms with Crippen molar-refractivity contribution < 1.29 is 37.0 Å². The summed E-state index contributed by atoms with van der Waals surface area (Å²) in [5.41, 5.74) is 2.39. The third-order valence-electron chi connectivity index (χ3n) is 6.08. The summed E-state index contributed by atoms with van der Waals surface area (Å²) >= 11 is 0. The van der Waals surface area contributed by atoms with Gasteiger partial charge in [-0.3, -0.25) is 9.59 Å². The first-order valence-corrected chi connectivity index (χ1v) is 13.7. The highest BCUT2D eigenvalue weighted by Gasteiger charge is 2.30. The van der Waals surface area contributed by atoms with E-state index in [0.29, 0.717) is 54.4 Å². The number of hydrogen-bond donors (Lipinski definition) is 3. The van der Waals surface area contributed by atoms with Gasteiger partial charge in [0.25, 0.3) is 15.9 Å². The second-order valence-corrected chi connectivity index (χ2v) is 10.3. The van der Waals surface area contributed by atoms with Gasteiger partial charge in [-0.1, -0.05) is 0 Å². The topological polar surface area (TPSA) is 156 Å². The predicted octanol–water partition coefficient (Wildman–Crippen LogP) is 1.62. The number of nitrogens with one attached hydrogen (secondary N) is 3. The number of sulfonamides is 1. The molecule has 2 aliphatic heterocycles. The smallest absolute Gasteiger partial charge is 0.355 e. The van der Waals surface area contributed by atoms with Crippen molar-refractivity contribution in [3.05, 3.63) is 46.3 Å². The number of nitrogens with zero attached hydrogens (tertiary/aromatic N) is 1. The molecule has 2 aromatic rings. The average Bonchev–Trinajstić information content (AvgIpc) is 3.35. The van der Waals surface area contributed by atoms with Crippen LogP contribution in [0.2, 0.25) is 0 Å². The number of carbonyl (C=O) groups is 3. The highest BCUT2D eigenvalue weighted by atomic mass is 32.2. The molecule has 1 saturated heterocycles. The molecule has 0 aliphatic carbocycles. The Kier molecular flexibility index (Phi) is 8.31. The van der Waals surface area contributed by atoms with Crippen LogP contribution in [0.3, 0.4) is 0 Å². The predicted molar refractivity (Wildman–Crippen MR) is 137 cm³/mol. The molecule has 38 heavy (non-hydrogen) atoms. The standard InChI is InChI=1S/C25H30N4O8S/c1-4-36-22(30)14-19-17(15(3)26-23(19)25(32)37-5-2)13-20-18-12-16(6-7-21(18)27-24(20)31)38(33,34)28-29-8-10-35-11-9-29/h6-7,12-13,26,28H,4-5,8-11,14H2,1-3H3,(H,27,31)/b20-13+. The van der Waals surface area contributed by atoms with Crippen molar-refractivity contribution in [1.82, 2.24) is 14.8 Å². The summed E-state index contributed by atoms with van der Waals surface area (Å²) in [4.78, 5) is 43.4. The fraction of sp³-hybridized carbons (Fsp3) is 0.400. The van der Waals surface area contributed by atoms with Crippen LogP contribution in [-0.2, 0) is 40.2 Å². The number of hydrazine groups is 1. The van der Waals surface area contributed by atoms with Crippen LogP contribution in [-0.4, -0.2) is 75.8 Å². The second kappa shape index (κ2) is 11.5. The van der Waals surface area contributed by atoms with Crippen LogP contribution in [0.5, 0.6) is 0 Å². The maximum atomic E-state index is 13.1. The summed E-state index contributed by atoms with van der Waals surface area (Å²) < 4.78 is 41.6. The summed E-state index contributed by atoms with van der Waals surface area (Å²) in [6.45, 7) is 6.99. The SMILES string of the molecule is CCOC(=O)Cc1c(C(=O)OCC)[nH]c(C)c1/C=C1/C(=O)Nc2ccc(S(=O)(=O)NN3CCOCC3)cc21. The van der Waals surface area contributed by atoms with Crippen LogP contribution in [0.4, 0.5) is 5.69 Å². The number of aromatic nitrogens is 1. The first-order valence-electron chi connectivity index (χ1n) is 12.2. The zero-order valence-corrected chi connectivity index (χ0v) is 22.2. The van der Waals surface area contributed by atoms with Crippen molar-refractivity contribution in [3.8, 4) is 0 Å². The summed E-state index contributed by atoms with van der Waals surface area (Å²) in [5, 5.41) is 4.30. The second-order valence-electron chi connectivity index (χ2n) is 8.63. The Balaban J connectivity index is 1.75. The number of hydrogen-bond acceptors (Lipinski definition) is 9. The molecule has 13 heteroatoms. The fourth-order valence-corrected chi connectivity index (χ4v) is 5.45. The number of carbonyl (C=O) groups excluding carboxylic acids is 3. The molecular weight excluding hydrogens is 516 g/mol. The van der Waals surface area contributed by atoms with Crippen molar-refractivity contribution in [3.63, 3.8) is 0 Å². The Labute approximate surface area is 220 Å². The zero-order chi connectivity index (χ0) is 27.4. The maximum Gasteiger partial charge on any atom is 0.355 e. The van der Waals surface area contributed by atoms with E-state index < -0.39 is 27.9 Å². The molecule has 3 N–H and O–H groups in total. The number of H-pyrrole nitrogens is 1. The number of aryl methyl sites for hydroxylation is 1. The Morgan fingerprint density at radius 1 is 1.16 bits per heavy atom. The van der Waals surface area contributed by atoms with Gasteiger partial charge in [-0.2, -0.15) is 0 Å². The lowest BCUT2D eigenvalue weighted by Crippen LogP contribution is -2.48. The summed E-state index contributed by atoms with van der Waals surface area (Å²) in [5.74, 6) is -1.63. The monoisotopic (exact) mass is 546 g/mol. The van der Waals surface area contributed by atoms with Crippen LogP contribution in [0, 0.1) is 6.92 Å². The molecule has 0 unspecified atom stereocenters. The van der Waals surface area contributed by atoms with Gasteiger partial charge < -0.3 is 24.5 Å². The molecule has 4 rings (SSSR count). The van der Waals surface area contributed by atoms with E-state index >= 15 is 0 Å². The number of benzene rings is 1. The van der Waals surface area contributed by atoms with Crippen LogP contribution >= 0.6 is 0 Å². The van der Waals surface area contributed by atoms with Crippen LogP contribution in [0.25, 0.3) is 11.6 Å². The minimum atomic E-state index is -3.92. The molecule has 12 nitrogen and oxygen atoms in total. The molecule has 1 amide bonds. The highest BCUT2D eigenvalue weighted by molar-refractivity contribution is 7.89. The van der Waals surface area contributed by atoms with E-state index in [9.17, 15) is 22.8 Å². The van der Waals surface area contributed by atoms with E-state index in [0.717, 1.165) is 0 Å². The molecule has 0 radical (unpaired) electrons. The number of fused-ring (bicyclic) bond motifs is 1. The zero-order valence-electron chi connectivity index (χ0n) is 21.4. The Morgan fingerprint density at radius 3 is 2.55 bits per heavy atom. The number of anilines is 1. The molecule has 3 heterocycles. The Hall–Kier alpha value is -3.52. The van der Waals surface area contributed by atoms with Gasteiger partial charge in [0.15, 0.2) is 0 Å². The van der Waals surface area contributed by atoms with Gasteiger partial charge in [-0.25, -0.2) is 18.2 Å². The number of amides is 1. The van der Waals surface area contributed by atoms with Gasteiger partial charge in [0.05, 0.1) is 37.7 Å². The molecule has 204 valence electrons. The van der Waals surface area contributed by atoms with Gasteiger partial charge in [0, 0.05) is 46.7 Å². The molecule has 0 atom stereocenters. The molecule has 2 aliphatic rings. The minimum absolute atomic E-state index is 0.0186. The maximum absolute atomic E-state index is 13.1. The van der Waals surface area contributed by atoms with Crippen LogP contribution in [0.15, 0.2) is 23.1 Å². The first kappa shape index (κ1) is 27.5. The Bertz CT molecular complexity index is 1390. The van der Waals surface area contributed by atoms with Crippen LogP contribution < -0.4 is 10.1 Å². The molecule has 1 aromatic carbocycles. The van der Waals surface area contributed by atoms with Crippen molar-refractivity contribution in [2.75, 3.05) is 44.8 Å². The Morgan fingerprint density at radius 2 is 1.87 bits per heavy atom. The van der Waals surface area contributed by atoms with Gasteiger partial charge in [-0.15, -0.1) is 4.83 Å². The average molecular weight is 547 g/mol. The molecule has 0 bridgehead atoms.